The Bertz CT molecular complexity index is 2080. The topological polar surface area (TPSA) is 93.7 Å². The molecule has 53 heavy (non-hydrogen) atoms. The number of carbonyl (C=O) groups excluding carboxylic acids is 1. The molecule has 5 aliphatic rings. The number of aryl methyl sites for hydroxylation is 1. The zero-order valence-corrected chi connectivity index (χ0v) is 29.9. The van der Waals surface area contributed by atoms with Gasteiger partial charge in [0.15, 0.2) is 12.4 Å². The Morgan fingerprint density at radius 1 is 1.02 bits per heavy atom. The van der Waals surface area contributed by atoms with Crippen LogP contribution in [0.15, 0.2) is 37.1 Å². The number of rotatable bonds is 8. The molecule has 2 aromatic heterocycles. The minimum absolute atomic E-state index is 0.0289. The molecule has 4 saturated heterocycles. The van der Waals surface area contributed by atoms with E-state index in [0.29, 0.717) is 87.0 Å². The summed E-state index contributed by atoms with van der Waals surface area (Å²) in [6.45, 7) is 9.26. The van der Waals surface area contributed by atoms with Gasteiger partial charge in [0.05, 0.1) is 11.7 Å². The minimum Gasteiger partial charge on any atom is -0.481 e. The van der Waals surface area contributed by atoms with Crippen molar-refractivity contribution in [3.8, 4) is 16.9 Å². The molecule has 14 heteroatoms. The van der Waals surface area contributed by atoms with Crippen molar-refractivity contribution in [2.75, 3.05) is 68.8 Å². The molecule has 2 atom stereocenters. The van der Waals surface area contributed by atoms with Crippen molar-refractivity contribution in [1.29, 1.82) is 0 Å². The fourth-order valence-electron chi connectivity index (χ4n) is 9.19. The van der Waals surface area contributed by atoms with Gasteiger partial charge >= 0.3 is 6.18 Å². The number of piperidine rings is 1. The number of hydrogen-bond donors (Lipinski definition) is 1. The lowest BCUT2D eigenvalue weighted by molar-refractivity contribution is -0.153. The van der Waals surface area contributed by atoms with Crippen LogP contribution in [0.5, 0.6) is 5.75 Å². The Morgan fingerprint density at radius 3 is 2.51 bits per heavy atom. The van der Waals surface area contributed by atoms with Gasteiger partial charge < -0.3 is 19.4 Å². The molecule has 5 fully saturated rings. The Morgan fingerprint density at radius 2 is 1.81 bits per heavy atom. The monoisotopic (exact) mass is 732 g/mol. The summed E-state index contributed by atoms with van der Waals surface area (Å²) in [4.78, 5) is 31.0. The van der Waals surface area contributed by atoms with Gasteiger partial charge in [0, 0.05) is 80.2 Å². The lowest BCUT2D eigenvalue weighted by Crippen LogP contribution is -2.61. The minimum atomic E-state index is -4.58. The predicted octanol–water partition coefficient (Wildman–Crippen LogP) is 6.54. The van der Waals surface area contributed by atoms with Crippen LogP contribution in [0, 0.1) is 12.3 Å². The molecule has 1 N–H and O–H groups in total. The summed E-state index contributed by atoms with van der Waals surface area (Å²) >= 11 is 0. The van der Waals surface area contributed by atoms with Crippen molar-refractivity contribution in [3.05, 3.63) is 48.2 Å². The highest BCUT2D eigenvalue weighted by Gasteiger charge is 2.47. The third kappa shape index (κ3) is 6.26. The highest BCUT2D eigenvalue weighted by Crippen LogP contribution is 2.53. The van der Waals surface area contributed by atoms with Gasteiger partial charge in [-0.05, 0) is 86.3 Å². The van der Waals surface area contributed by atoms with E-state index in [2.05, 4.69) is 37.5 Å². The van der Waals surface area contributed by atoms with Gasteiger partial charge in [0.1, 0.15) is 17.5 Å². The SMILES string of the molecule is C=CC(=O)N1CC2(CCN(c3nc(N4CC[C@@H](N5CC[C@H](F)C5)C4)nc4c(OCC(F)(F)F)c(-c5c(C)ccc6[nH]ncc56)c(C5CC5)cc34)CC2)C1. The molecule has 0 radical (unpaired) electrons. The molecule has 4 aromatic rings. The van der Waals surface area contributed by atoms with Gasteiger partial charge in [-0.25, -0.2) is 9.37 Å². The fourth-order valence-corrected chi connectivity index (χ4v) is 9.19. The van der Waals surface area contributed by atoms with E-state index in [9.17, 15) is 22.4 Å². The Labute approximate surface area is 305 Å². The molecular weight excluding hydrogens is 688 g/mol. The quantitative estimate of drug-likeness (QED) is 0.162. The van der Waals surface area contributed by atoms with Crippen LogP contribution >= 0.6 is 0 Å². The maximum Gasteiger partial charge on any atom is 0.422 e. The number of nitrogens with one attached hydrogen (secondary N) is 1. The summed E-state index contributed by atoms with van der Waals surface area (Å²) in [6.07, 6.45) is 2.57. The van der Waals surface area contributed by atoms with Gasteiger partial charge in [0.25, 0.3) is 0 Å². The van der Waals surface area contributed by atoms with Crippen LogP contribution in [0.4, 0.5) is 29.3 Å². The van der Waals surface area contributed by atoms with Crippen LogP contribution in [0.25, 0.3) is 32.9 Å². The summed E-state index contributed by atoms with van der Waals surface area (Å²) in [6, 6.07) is 6.14. The summed E-state index contributed by atoms with van der Waals surface area (Å²) < 4.78 is 62.5. The first kappa shape index (κ1) is 34.3. The number of aromatic amines is 1. The number of fused-ring (bicyclic) bond motifs is 2. The van der Waals surface area contributed by atoms with E-state index < -0.39 is 19.0 Å². The van der Waals surface area contributed by atoms with Crippen LogP contribution in [0.1, 0.15) is 55.6 Å². The summed E-state index contributed by atoms with van der Waals surface area (Å²) in [7, 11) is 0. The van der Waals surface area contributed by atoms with Crippen LogP contribution in [-0.2, 0) is 4.79 Å². The molecule has 4 aliphatic heterocycles. The average Bonchev–Trinajstić information content (AvgIpc) is 3.45. The number of hydrogen-bond acceptors (Lipinski definition) is 8. The standard InChI is InChI=1S/C39H44F4N8O2/c1-3-31(52)51-20-38(21-51)10-14-48(15-11-38)36-28-16-27(24-5-6-24)33(32-23(2)4-7-30-29(32)17-44-47-30)35(53-22-39(41,42)43)34(28)45-37(46-36)50-13-9-26(19-50)49-12-8-25(40)18-49/h3-4,7,16-17,24-26H,1,5-6,8-15,18-22H2,2H3,(H,44,47)/t25-,26+/m0/s1. The molecule has 1 aliphatic carbocycles. The first-order valence-corrected chi connectivity index (χ1v) is 18.8. The largest absolute Gasteiger partial charge is 0.481 e. The number of nitrogens with zero attached hydrogens (tertiary/aromatic N) is 7. The van der Waals surface area contributed by atoms with E-state index >= 15 is 0 Å². The maximum atomic E-state index is 14.2. The molecule has 2 aromatic carbocycles. The second kappa shape index (κ2) is 12.8. The number of likely N-dealkylation sites (tertiary alicyclic amines) is 2. The predicted molar refractivity (Wildman–Crippen MR) is 195 cm³/mol. The normalized spacial score (nSPS) is 23.4. The molecule has 280 valence electrons. The van der Waals surface area contributed by atoms with Crippen LogP contribution in [0.2, 0.25) is 0 Å². The summed E-state index contributed by atoms with van der Waals surface area (Å²) in [5.41, 5.74) is 4.43. The smallest absolute Gasteiger partial charge is 0.422 e. The van der Waals surface area contributed by atoms with E-state index in [-0.39, 0.29) is 29.0 Å². The van der Waals surface area contributed by atoms with Gasteiger partial charge in [0.2, 0.25) is 11.9 Å². The number of H-pyrrole nitrogens is 1. The van der Waals surface area contributed by atoms with E-state index in [1.165, 1.54) is 6.08 Å². The molecule has 10 nitrogen and oxygen atoms in total. The zero-order valence-electron chi connectivity index (χ0n) is 29.9. The molecule has 1 spiro atoms. The van der Waals surface area contributed by atoms with Crippen molar-refractivity contribution < 1.29 is 27.1 Å². The van der Waals surface area contributed by atoms with Crippen molar-refractivity contribution in [2.24, 2.45) is 5.41 Å². The van der Waals surface area contributed by atoms with Crippen LogP contribution in [-0.4, -0.2) is 113 Å². The van der Waals surface area contributed by atoms with Gasteiger partial charge in [-0.15, -0.1) is 0 Å². The highest BCUT2D eigenvalue weighted by molar-refractivity contribution is 6.06. The molecule has 1 amide bonds. The number of aromatic nitrogens is 4. The molecule has 0 bridgehead atoms. The molecule has 6 heterocycles. The lowest BCUT2D eigenvalue weighted by Gasteiger charge is -2.54. The second-order valence-electron chi connectivity index (χ2n) is 15.8. The number of anilines is 2. The number of ether oxygens (including phenoxy) is 1. The molecule has 9 rings (SSSR count). The maximum absolute atomic E-state index is 14.2. The van der Waals surface area contributed by atoms with Crippen LogP contribution < -0.4 is 14.5 Å². The van der Waals surface area contributed by atoms with E-state index in [1.54, 1.807) is 6.20 Å². The first-order valence-electron chi connectivity index (χ1n) is 18.8. The van der Waals surface area contributed by atoms with Gasteiger partial charge in [-0.3, -0.25) is 14.8 Å². The Balaban J connectivity index is 1.20. The summed E-state index contributed by atoms with van der Waals surface area (Å²) in [5.74, 6) is 1.35. The van der Waals surface area contributed by atoms with Crippen molar-refractivity contribution in [1.82, 2.24) is 30.0 Å². The van der Waals surface area contributed by atoms with Gasteiger partial charge in [-0.2, -0.15) is 23.3 Å². The molecule has 0 unspecified atom stereocenters. The van der Waals surface area contributed by atoms with E-state index in [0.717, 1.165) is 59.7 Å². The number of carbonyl (C=O) groups is 1. The fraction of sp³-hybridized carbons (Fsp3) is 0.538. The van der Waals surface area contributed by atoms with Gasteiger partial charge in [-0.1, -0.05) is 12.6 Å². The van der Waals surface area contributed by atoms with E-state index in [4.69, 9.17) is 14.7 Å². The third-order valence-corrected chi connectivity index (χ3v) is 12.2. The summed E-state index contributed by atoms with van der Waals surface area (Å²) in [5, 5.41) is 8.80. The first-order chi connectivity index (χ1) is 25.5. The van der Waals surface area contributed by atoms with E-state index in [1.807, 2.05) is 24.0 Å². The van der Waals surface area contributed by atoms with Crippen molar-refractivity contribution >= 4 is 39.5 Å². The third-order valence-electron chi connectivity index (χ3n) is 12.2. The van der Waals surface area contributed by atoms with Crippen molar-refractivity contribution in [2.45, 2.75) is 69.8 Å². The zero-order chi connectivity index (χ0) is 36.6. The number of benzene rings is 2. The highest BCUT2D eigenvalue weighted by atomic mass is 19.4. The lowest BCUT2D eigenvalue weighted by atomic mass is 9.72. The second-order valence-corrected chi connectivity index (χ2v) is 15.8. The average molecular weight is 733 g/mol. The Hall–Kier alpha value is -4.46. The number of amides is 1. The molecular formula is C39H44F4N8O2. The van der Waals surface area contributed by atoms with Crippen molar-refractivity contribution in [3.63, 3.8) is 0 Å². The number of alkyl halides is 4. The van der Waals surface area contributed by atoms with Crippen LogP contribution in [0.3, 0.4) is 0 Å². The Kier molecular flexibility index (Phi) is 8.32. The number of halogens is 4. The molecule has 1 saturated carbocycles.